The van der Waals surface area contributed by atoms with E-state index >= 15 is 0 Å². The van der Waals surface area contributed by atoms with Crippen LogP contribution in [0.15, 0.2) is 48.7 Å². The van der Waals surface area contributed by atoms with E-state index in [1.165, 1.54) is 12.1 Å². The number of H-pyrrole nitrogens is 1. The third-order valence-electron chi connectivity index (χ3n) is 5.83. The van der Waals surface area contributed by atoms with Crippen LogP contribution < -0.4 is 10.1 Å². The number of methoxy groups -OCH3 is 1. The Balaban J connectivity index is 1.48. The summed E-state index contributed by atoms with van der Waals surface area (Å²) in [5, 5.41) is 3.96. The van der Waals surface area contributed by atoms with Gasteiger partial charge in [-0.15, -0.1) is 0 Å². The normalized spacial score (nSPS) is 15.9. The molecule has 0 saturated carbocycles. The van der Waals surface area contributed by atoms with Crippen LogP contribution in [-0.2, 0) is 21.4 Å². The van der Waals surface area contributed by atoms with E-state index in [0.717, 1.165) is 27.8 Å². The van der Waals surface area contributed by atoms with Gasteiger partial charge in [-0.05, 0) is 60.7 Å². The molecule has 1 aliphatic rings. The minimum atomic E-state index is -0.600. The van der Waals surface area contributed by atoms with Gasteiger partial charge in [0.05, 0.1) is 12.5 Å². The molecule has 2 N–H and O–H groups in total. The number of hydrogen-bond acceptors (Lipinski definition) is 3. The predicted molar refractivity (Wildman–Crippen MR) is 110 cm³/mol. The first-order valence-electron chi connectivity index (χ1n) is 9.88. The maximum atomic E-state index is 13.6. The molecule has 0 aliphatic carbocycles. The summed E-state index contributed by atoms with van der Waals surface area (Å²) in [6.07, 6.45) is 3.79. The van der Waals surface area contributed by atoms with Gasteiger partial charge in [0, 0.05) is 36.9 Å². The summed E-state index contributed by atoms with van der Waals surface area (Å²) in [5.74, 6) is 0.517. The fraction of sp³-hybridized carbons (Fsp3) is 0.348. The van der Waals surface area contributed by atoms with Crippen LogP contribution in [0.25, 0.3) is 10.9 Å². The fourth-order valence-electron chi connectivity index (χ4n) is 4.11. The van der Waals surface area contributed by atoms with E-state index in [2.05, 4.69) is 10.3 Å². The number of fused-ring (bicyclic) bond motifs is 1. The molecule has 1 aliphatic heterocycles. The zero-order valence-electron chi connectivity index (χ0n) is 16.5. The molecule has 0 bridgehead atoms. The number of hydrogen-bond donors (Lipinski definition) is 2. The highest BCUT2D eigenvalue weighted by atomic mass is 19.1. The maximum absolute atomic E-state index is 13.6. The van der Waals surface area contributed by atoms with Crippen LogP contribution in [0, 0.1) is 5.82 Å². The van der Waals surface area contributed by atoms with Crippen molar-refractivity contribution in [2.75, 3.05) is 26.9 Å². The van der Waals surface area contributed by atoms with E-state index in [0.29, 0.717) is 39.0 Å². The minimum absolute atomic E-state index is 0.0111. The molecule has 2 heterocycles. The van der Waals surface area contributed by atoms with Crippen LogP contribution in [0.3, 0.4) is 0 Å². The van der Waals surface area contributed by atoms with Crippen molar-refractivity contribution in [2.24, 2.45) is 0 Å². The summed E-state index contributed by atoms with van der Waals surface area (Å²) in [6, 6.07) is 12.4. The highest BCUT2D eigenvalue weighted by Crippen LogP contribution is 2.36. The molecule has 0 radical (unpaired) electrons. The Morgan fingerprint density at radius 2 is 1.97 bits per heavy atom. The Hall–Kier alpha value is -2.86. The van der Waals surface area contributed by atoms with E-state index in [1.807, 2.05) is 30.5 Å². The fourth-order valence-corrected chi connectivity index (χ4v) is 4.11. The second-order valence-electron chi connectivity index (χ2n) is 7.43. The Morgan fingerprint density at radius 1 is 1.21 bits per heavy atom. The van der Waals surface area contributed by atoms with Gasteiger partial charge in [-0.2, -0.15) is 0 Å². The van der Waals surface area contributed by atoms with Gasteiger partial charge in [0.2, 0.25) is 5.91 Å². The van der Waals surface area contributed by atoms with Crippen LogP contribution >= 0.6 is 0 Å². The second-order valence-corrected chi connectivity index (χ2v) is 7.43. The monoisotopic (exact) mass is 396 g/mol. The Labute approximate surface area is 169 Å². The molecule has 152 valence electrons. The maximum Gasteiger partial charge on any atom is 0.230 e. The van der Waals surface area contributed by atoms with E-state index < -0.39 is 5.41 Å². The van der Waals surface area contributed by atoms with E-state index in [4.69, 9.17) is 9.47 Å². The van der Waals surface area contributed by atoms with Crippen LogP contribution in [-0.4, -0.2) is 37.8 Å². The zero-order valence-corrected chi connectivity index (χ0v) is 16.5. The first-order valence-corrected chi connectivity index (χ1v) is 9.88. The topological polar surface area (TPSA) is 63.3 Å². The van der Waals surface area contributed by atoms with Crippen molar-refractivity contribution in [3.63, 3.8) is 0 Å². The van der Waals surface area contributed by atoms with Crippen molar-refractivity contribution in [2.45, 2.75) is 24.7 Å². The van der Waals surface area contributed by atoms with Gasteiger partial charge in [-0.25, -0.2) is 4.39 Å². The van der Waals surface area contributed by atoms with Gasteiger partial charge >= 0.3 is 0 Å². The molecule has 0 atom stereocenters. The number of rotatable bonds is 6. The number of carbonyl (C=O) groups excluding carboxylic acids is 1. The van der Waals surface area contributed by atoms with Crippen LogP contribution in [0.4, 0.5) is 4.39 Å². The molecule has 1 amide bonds. The highest BCUT2D eigenvalue weighted by Gasteiger charge is 2.41. The summed E-state index contributed by atoms with van der Waals surface area (Å²) in [7, 11) is 1.63. The summed E-state index contributed by atoms with van der Waals surface area (Å²) in [4.78, 5) is 16.4. The summed E-state index contributed by atoms with van der Waals surface area (Å²) in [5.41, 5.74) is 2.27. The number of nitrogens with one attached hydrogen (secondary N) is 2. The van der Waals surface area contributed by atoms with Gasteiger partial charge < -0.3 is 19.8 Å². The number of benzene rings is 2. The van der Waals surface area contributed by atoms with Crippen molar-refractivity contribution in [3.05, 3.63) is 65.6 Å². The lowest BCUT2D eigenvalue weighted by Crippen LogP contribution is -2.48. The molecule has 1 aromatic heterocycles. The van der Waals surface area contributed by atoms with Gasteiger partial charge in [-0.1, -0.05) is 12.1 Å². The molecule has 1 saturated heterocycles. The smallest absolute Gasteiger partial charge is 0.230 e. The van der Waals surface area contributed by atoms with Crippen LogP contribution in [0.1, 0.15) is 24.0 Å². The number of aromatic nitrogens is 1. The van der Waals surface area contributed by atoms with Crippen LogP contribution in [0.2, 0.25) is 0 Å². The number of aromatic amines is 1. The molecule has 2 aromatic carbocycles. The molecule has 6 heteroatoms. The Morgan fingerprint density at radius 3 is 2.69 bits per heavy atom. The molecule has 29 heavy (non-hydrogen) atoms. The minimum Gasteiger partial charge on any atom is -0.497 e. The van der Waals surface area contributed by atoms with Crippen molar-refractivity contribution < 1.29 is 18.7 Å². The van der Waals surface area contributed by atoms with Gasteiger partial charge in [0.15, 0.2) is 0 Å². The van der Waals surface area contributed by atoms with Crippen molar-refractivity contribution in [1.82, 2.24) is 10.3 Å². The zero-order chi connectivity index (χ0) is 20.3. The molecular formula is C23H25FN2O3. The number of halogens is 1. The third-order valence-corrected chi connectivity index (χ3v) is 5.83. The molecular weight excluding hydrogens is 371 g/mol. The van der Waals surface area contributed by atoms with Crippen molar-refractivity contribution in [3.8, 4) is 5.75 Å². The van der Waals surface area contributed by atoms with Crippen molar-refractivity contribution in [1.29, 1.82) is 0 Å². The SMILES string of the molecule is COc1ccc(C2(C(=O)NCCc3c[nH]c4ccc(F)cc34)CCOCC2)cc1. The molecule has 0 unspecified atom stereocenters. The Kier molecular flexibility index (Phi) is 5.53. The highest BCUT2D eigenvalue weighted by molar-refractivity contribution is 5.88. The average Bonchev–Trinajstić information content (AvgIpc) is 3.16. The number of carbonyl (C=O) groups is 1. The number of ether oxygens (including phenoxy) is 2. The van der Waals surface area contributed by atoms with Crippen molar-refractivity contribution >= 4 is 16.8 Å². The van der Waals surface area contributed by atoms with E-state index in [-0.39, 0.29) is 11.7 Å². The molecule has 5 nitrogen and oxygen atoms in total. The second kappa shape index (κ2) is 8.25. The molecule has 1 fully saturated rings. The Bertz CT molecular complexity index is 991. The molecule has 3 aromatic rings. The first-order chi connectivity index (χ1) is 14.1. The number of amides is 1. The largest absolute Gasteiger partial charge is 0.497 e. The van der Waals surface area contributed by atoms with Gasteiger partial charge in [0.25, 0.3) is 0 Å². The lowest BCUT2D eigenvalue weighted by Gasteiger charge is -2.36. The summed E-state index contributed by atoms with van der Waals surface area (Å²) < 4.78 is 24.3. The molecule has 4 rings (SSSR count). The quantitative estimate of drug-likeness (QED) is 0.668. The van der Waals surface area contributed by atoms with E-state index in [1.54, 1.807) is 13.2 Å². The third kappa shape index (κ3) is 3.85. The summed E-state index contributed by atoms with van der Waals surface area (Å²) in [6.45, 7) is 1.60. The standard InChI is InChI=1S/C23H25FN2O3/c1-28-19-5-2-17(3-6-19)23(9-12-29-13-10-23)22(27)25-11-8-16-15-26-21-7-4-18(24)14-20(16)21/h2-7,14-15,26H,8-13H2,1H3,(H,25,27). The predicted octanol–water partition coefficient (Wildman–Crippen LogP) is 3.72. The van der Waals surface area contributed by atoms with Gasteiger partial charge in [0.1, 0.15) is 11.6 Å². The molecule has 0 spiro atoms. The van der Waals surface area contributed by atoms with E-state index in [9.17, 15) is 9.18 Å². The first kappa shape index (κ1) is 19.5. The average molecular weight is 396 g/mol. The lowest BCUT2D eigenvalue weighted by molar-refractivity contribution is -0.130. The van der Waals surface area contributed by atoms with Crippen LogP contribution in [0.5, 0.6) is 5.75 Å². The van der Waals surface area contributed by atoms with Gasteiger partial charge in [-0.3, -0.25) is 4.79 Å². The summed E-state index contributed by atoms with van der Waals surface area (Å²) >= 11 is 0. The lowest BCUT2D eigenvalue weighted by atomic mass is 9.73.